The lowest BCUT2D eigenvalue weighted by Gasteiger charge is -2.02. The lowest BCUT2D eigenvalue weighted by atomic mass is 10.3. The third-order valence-corrected chi connectivity index (χ3v) is 4.20. The Morgan fingerprint density at radius 1 is 1.11 bits per heavy atom. The number of nitrogens with zero attached hydrogens (tertiary/aromatic N) is 1. The van der Waals surface area contributed by atoms with Gasteiger partial charge in [0, 0.05) is 19.4 Å². The Bertz CT molecular complexity index is 589. The molecule has 0 heterocycles. The minimum absolute atomic E-state index is 0.0628. The minimum Gasteiger partial charge on any atom is -0.258 e. The van der Waals surface area contributed by atoms with Crippen LogP contribution in [0.25, 0.3) is 0 Å². The quantitative estimate of drug-likeness (QED) is 0.420. The highest BCUT2D eigenvalue weighted by atomic mass is 127. The molecule has 2 aromatic rings. The molecule has 0 spiro atoms. The van der Waals surface area contributed by atoms with Gasteiger partial charge < -0.3 is 0 Å². The summed E-state index contributed by atoms with van der Waals surface area (Å²) in [5.74, 6) is 0. The molecule has 2 aromatic carbocycles. The van der Waals surface area contributed by atoms with Gasteiger partial charge in [-0.25, -0.2) is 0 Å². The largest absolute Gasteiger partial charge is 0.289 e. The average Bonchev–Trinajstić information content (AvgIpc) is 2.34. The van der Waals surface area contributed by atoms with Gasteiger partial charge in [-0.2, -0.15) is 0 Å². The predicted octanol–water partition coefficient (Wildman–Crippen LogP) is 5.00. The Morgan fingerprint density at radius 2 is 1.72 bits per heavy atom. The first-order valence-electron chi connectivity index (χ1n) is 4.93. The summed E-state index contributed by atoms with van der Waals surface area (Å²) in [5.41, 5.74) is -0.0628. The van der Waals surface area contributed by atoms with Crippen LogP contribution in [0.5, 0.6) is 0 Å². The number of benzene rings is 2. The Kier molecular flexibility index (Phi) is 4.47. The van der Waals surface area contributed by atoms with Crippen LogP contribution in [0.4, 0.5) is 5.69 Å². The van der Waals surface area contributed by atoms with Gasteiger partial charge in [0.05, 0.1) is 4.92 Å². The van der Waals surface area contributed by atoms with Crippen LogP contribution in [0.15, 0.2) is 52.3 Å². The summed E-state index contributed by atoms with van der Waals surface area (Å²) >= 11 is 9.46. The molecule has 0 N–H and O–H groups in total. The summed E-state index contributed by atoms with van der Waals surface area (Å²) in [5, 5.41) is 10.9. The average molecular weight is 392 g/mol. The fourth-order valence-electron chi connectivity index (χ4n) is 1.33. The van der Waals surface area contributed by atoms with Crippen molar-refractivity contribution in [2.45, 2.75) is 9.79 Å². The monoisotopic (exact) mass is 391 g/mol. The van der Waals surface area contributed by atoms with Gasteiger partial charge in [-0.3, -0.25) is 10.1 Å². The van der Waals surface area contributed by atoms with Crippen molar-refractivity contribution in [3.05, 3.63) is 61.2 Å². The van der Waals surface area contributed by atoms with Crippen molar-refractivity contribution in [1.29, 1.82) is 0 Å². The van der Waals surface area contributed by atoms with Gasteiger partial charge in [-0.05, 0) is 59.0 Å². The van der Waals surface area contributed by atoms with Crippen LogP contribution in [-0.2, 0) is 0 Å². The van der Waals surface area contributed by atoms with Crippen molar-refractivity contribution in [2.24, 2.45) is 0 Å². The van der Waals surface area contributed by atoms with Crippen molar-refractivity contribution in [3.63, 3.8) is 0 Å². The van der Waals surface area contributed by atoms with Gasteiger partial charge in [0.1, 0.15) is 5.02 Å². The second-order valence-electron chi connectivity index (χ2n) is 3.43. The molecule has 92 valence electrons. The summed E-state index contributed by atoms with van der Waals surface area (Å²) in [6.07, 6.45) is 0. The molecule has 0 aliphatic heterocycles. The van der Waals surface area contributed by atoms with Gasteiger partial charge in [0.15, 0.2) is 0 Å². The Balaban J connectivity index is 2.27. The molecule has 0 aliphatic rings. The van der Waals surface area contributed by atoms with Crippen molar-refractivity contribution < 1.29 is 4.92 Å². The van der Waals surface area contributed by atoms with E-state index in [0.29, 0.717) is 0 Å². The van der Waals surface area contributed by atoms with E-state index in [2.05, 4.69) is 22.6 Å². The van der Waals surface area contributed by atoms with Gasteiger partial charge in [-0.1, -0.05) is 23.4 Å². The normalized spacial score (nSPS) is 10.3. The zero-order valence-corrected chi connectivity index (χ0v) is 12.7. The molecule has 2 rings (SSSR count). The highest BCUT2D eigenvalue weighted by Crippen LogP contribution is 2.33. The molecule has 18 heavy (non-hydrogen) atoms. The van der Waals surface area contributed by atoms with E-state index in [1.807, 2.05) is 24.3 Å². The van der Waals surface area contributed by atoms with E-state index in [9.17, 15) is 10.1 Å². The highest BCUT2D eigenvalue weighted by molar-refractivity contribution is 14.1. The van der Waals surface area contributed by atoms with Gasteiger partial charge in [0.2, 0.25) is 0 Å². The van der Waals surface area contributed by atoms with E-state index < -0.39 is 4.92 Å². The van der Waals surface area contributed by atoms with E-state index in [4.69, 9.17) is 11.6 Å². The predicted molar refractivity (Wildman–Crippen MR) is 81.4 cm³/mol. The molecule has 0 amide bonds. The second kappa shape index (κ2) is 5.90. The highest BCUT2D eigenvalue weighted by Gasteiger charge is 2.13. The van der Waals surface area contributed by atoms with Crippen LogP contribution in [0.3, 0.4) is 0 Å². The number of rotatable bonds is 3. The molecule has 0 saturated carbocycles. The van der Waals surface area contributed by atoms with E-state index in [-0.39, 0.29) is 10.7 Å². The van der Waals surface area contributed by atoms with Crippen LogP contribution in [0.1, 0.15) is 0 Å². The fraction of sp³-hybridized carbons (Fsp3) is 0. The van der Waals surface area contributed by atoms with Crippen molar-refractivity contribution in [2.75, 3.05) is 0 Å². The molecule has 0 radical (unpaired) electrons. The van der Waals surface area contributed by atoms with Crippen LogP contribution >= 0.6 is 46.0 Å². The van der Waals surface area contributed by atoms with Gasteiger partial charge in [0.25, 0.3) is 5.69 Å². The van der Waals surface area contributed by atoms with E-state index >= 15 is 0 Å². The van der Waals surface area contributed by atoms with Crippen LogP contribution in [0, 0.1) is 13.7 Å². The standard InChI is InChI=1S/C12H7ClINO2S/c13-11-6-5-10(7-12(11)15(16)17)18-9-3-1-8(14)2-4-9/h1-7H. The maximum atomic E-state index is 10.8. The van der Waals surface area contributed by atoms with Gasteiger partial charge in [-0.15, -0.1) is 0 Å². The van der Waals surface area contributed by atoms with E-state index in [1.54, 1.807) is 12.1 Å². The molecule has 0 aliphatic carbocycles. The van der Waals surface area contributed by atoms with Crippen LogP contribution < -0.4 is 0 Å². The fourth-order valence-corrected chi connectivity index (χ4v) is 2.73. The summed E-state index contributed by atoms with van der Waals surface area (Å²) in [7, 11) is 0. The molecular formula is C12H7ClINO2S. The lowest BCUT2D eigenvalue weighted by molar-refractivity contribution is -0.384. The third-order valence-electron chi connectivity index (χ3n) is 2.16. The van der Waals surface area contributed by atoms with Crippen molar-refractivity contribution in [3.8, 4) is 0 Å². The maximum absolute atomic E-state index is 10.8. The number of halogens is 2. The number of hydrogen-bond acceptors (Lipinski definition) is 3. The molecule has 6 heteroatoms. The molecular weight excluding hydrogens is 385 g/mol. The molecule has 0 atom stereocenters. The van der Waals surface area contributed by atoms with E-state index in [0.717, 1.165) is 13.4 Å². The smallest absolute Gasteiger partial charge is 0.258 e. The summed E-state index contributed by atoms with van der Waals surface area (Å²) in [6, 6.07) is 12.8. The van der Waals surface area contributed by atoms with Crippen LogP contribution in [-0.4, -0.2) is 4.92 Å². The maximum Gasteiger partial charge on any atom is 0.289 e. The molecule has 3 nitrogen and oxygen atoms in total. The summed E-state index contributed by atoms with van der Waals surface area (Å²) in [4.78, 5) is 12.1. The SMILES string of the molecule is O=[N+]([O-])c1cc(Sc2ccc(I)cc2)ccc1Cl. The minimum atomic E-state index is -0.472. The topological polar surface area (TPSA) is 43.1 Å². The molecule has 0 aromatic heterocycles. The molecule has 0 bridgehead atoms. The second-order valence-corrected chi connectivity index (χ2v) is 6.23. The zero-order chi connectivity index (χ0) is 13.1. The van der Waals surface area contributed by atoms with Crippen molar-refractivity contribution in [1.82, 2.24) is 0 Å². The zero-order valence-electron chi connectivity index (χ0n) is 8.97. The first kappa shape index (κ1) is 13.6. The van der Waals surface area contributed by atoms with Crippen molar-refractivity contribution >= 4 is 51.6 Å². The van der Waals surface area contributed by atoms with Crippen LogP contribution in [0.2, 0.25) is 5.02 Å². The number of hydrogen-bond donors (Lipinski definition) is 0. The molecule has 0 unspecified atom stereocenters. The number of nitro benzene ring substituents is 1. The Hall–Kier alpha value is -0.790. The third kappa shape index (κ3) is 3.37. The first-order valence-corrected chi connectivity index (χ1v) is 7.21. The first-order chi connectivity index (χ1) is 8.56. The summed E-state index contributed by atoms with van der Waals surface area (Å²) in [6.45, 7) is 0. The number of nitro groups is 1. The summed E-state index contributed by atoms with van der Waals surface area (Å²) < 4.78 is 1.15. The van der Waals surface area contributed by atoms with E-state index in [1.165, 1.54) is 17.8 Å². The van der Waals surface area contributed by atoms with Gasteiger partial charge >= 0.3 is 0 Å². The lowest BCUT2D eigenvalue weighted by Crippen LogP contribution is -1.89. The molecule has 0 fully saturated rings. The Morgan fingerprint density at radius 3 is 2.33 bits per heavy atom. The molecule has 0 saturated heterocycles. The Labute approximate surface area is 127 Å².